The summed E-state index contributed by atoms with van der Waals surface area (Å²) in [5, 5.41) is 8.59. The van der Waals surface area contributed by atoms with Crippen LogP contribution in [0.3, 0.4) is 0 Å². The molecule has 1 heterocycles. The van der Waals surface area contributed by atoms with E-state index in [0.717, 1.165) is 5.69 Å². The smallest absolute Gasteiger partial charge is 0.320 e. The Morgan fingerprint density at radius 2 is 1.68 bits per heavy atom. The molecule has 0 aromatic heterocycles. The second-order valence-electron chi connectivity index (χ2n) is 4.37. The van der Waals surface area contributed by atoms with Crippen molar-refractivity contribution in [3.8, 4) is 0 Å². The average molecular weight is 284 g/mol. The van der Waals surface area contributed by atoms with Crippen molar-refractivity contribution in [2.45, 2.75) is 0 Å². The molecule has 19 heavy (non-hydrogen) atoms. The van der Waals surface area contributed by atoms with Crippen molar-refractivity contribution in [2.75, 3.05) is 36.8 Å². The molecule has 1 fully saturated rings. The average Bonchev–Trinajstić information content (AvgIpc) is 2.38. The Balaban J connectivity index is 1.98. The van der Waals surface area contributed by atoms with E-state index in [-0.39, 0.29) is 0 Å². The number of carbonyl (C=O) groups is 1. The van der Waals surface area contributed by atoms with Gasteiger partial charge in [0.05, 0.1) is 0 Å². The summed E-state index contributed by atoms with van der Waals surface area (Å²) < 4.78 is 24.8. The van der Waals surface area contributed by atoms with Crippen LogP contribution in [0.1, 0.15) is 0 Å². The molecular weight excluding hydrogens is 268 g/mol. The SMILES string of the molecule is O=C(O)CS(=O)(=O)N1CCN(c2ccccc2)CC1. The first-order chi connectivity index (χ1) is 8.99. The minimum atomic E-state index is -3.68. The highest BCUT2D eigenvalue weighted by molar-refractivity contribution is 7.89. The van der Waals surface area contributed by atoms with Crippen molar-refractivity contribution < 1.29 is 18.3 Å². The fourth-order valence-corrected chi connectivity index (χ4v) is 3.32. The van der Waals surface area contributed by atoms with Crippen LogP contribution in [0.2, 0.25) is 0 Å². The van der Waals surface area contributed by atoms with E-state index in [1.807, 2.05) is 30.3 Å². The van der Waals surface area contributed by atoms with E-state index in [1.165, 1.54) is 4.31 Å². The standard InChI is InChI=1S/C12H16N2O4S/c15-12(16)10-19(17,18)14-8-6-13(7-9-14)11-4-2-1-3-5-11/h1-5H,6-10H2,(H,15,16). The zero-order chi connectivity index (χ0) is 13.9. The van der Waals surface area contributed by atoms with E-state index in [9.17, 15) is 13.2 Å². The Morgan fingerprint density at radius 3 is 2.21 bits per heavy atom. The van der Waals surface area contributed by atoms with E-state index in [1.54, 1.807) is 0 Å². The molecule has 6 nitrogen and oxygen atoms in total. The van der Waals surface area contributed by atoms with Gasteiger partial charge in [-0.3, -0.25) is 4.79 Å². The van der Waals surface area contributed by atoms with Crippen molar-refractivity contribution in [1.82, 2.24) is 4.31 Å². The topological polar surface area (TPSA) is 77.9 Å². The second kappa shape index (κ2) is 5.58. The van der Waals surface area contributed by atoms with Crippen LogP contribution >= 0.6 is 0 Å². The lowest BCUT2D eigenvalue weighted by Crippen LogP contribution is -2.49. The molecule has 0 bridgehead atoms. The van der Waals surface area contributed by atoms with Gasteiger partial charge in [0.15, 0.2) is 5.75 Å². The lowest BCUT2D eigenvalue weighted by molar-refractivity contribution is -0.134. The number of hydrogen-bond donors (Lipinski definition) is 1. The molecule has 0 radical (unpaired) electrons. The maximum absolute atomic E-state index is 11.8. The molecule has 2 rings (SSSR count). The fraction of sp³-hybridized carbons (Fsp3) is 0.417. The summed E-state index contributed by atoms with van der Waals surface area (Å²) in [5.41, 5.74) is 1.05. The predicted octanol–water partition coefficient (Wildman–Crippen LogP) is 0.223. The Morgan fingerprint density at radius 1 is 1.11 bits per heavy atom. The summed E-state index contributed by atoms with van der Waals surface area (Å²) in [7, 11) is -3.68. The van der Waals surface area contributed by atoms with Crippen molar-refractivity contribution in [3.63, 3.8) is 0 Å². The van der Waals surface area contributed by atoms with Crippen LogP contribution in [0.15, 0.2) is 30.3 Å². The van der Waals surface area contributed by atoms with Crippen LogP contribution in [0.4, 0.5) is 5.69 Å². The summed E-state index contributed by atoms with van der Waals surface area (Å²) in [6.07, 6.45) is 0. The first kappa shape index (κ1) is 13.8. The van der Waals surface area contributed by atoms with E-state index in [4.69, 9.17) is 5.11 Å². The molecule has 0 spiro atoms. The molecule has 104 valence electrons. The fourth-order valence-electron chi connectivity index (χ4n) is 2.11. The maximum atomic E-state index is 11.8. The van der Waals surface area contributed by atoms with Crippen LogP contribution in [0.5, 0.6) is 0 Å². The zero-order valence-electron chi connectivity index (χ0n) is 10.4. The molecule has 1 aromatic carbocycles. The van der Waals surface area contributed by atoms with Gasteiger partial charge >= 0.3 is 5.97 Å². The number of sulfonamides is 1. The van der Waals surface area contributed by atoms with Crippen molar-refractivity contribution >= 4 is 21.7 Å². The van der Waals surface area contributed by atoms with Gasteiger partial charge in [-0.25, -0.2) is 8.42 Å². The minimum Gasteiger partial charge on any atom is -0.480 e. The van der Waals surface area contributed by atoms with E-state index in [2.05, 4.69) is 4.90 Å². The van der Waals surface area contributed by atoms with Gasteiger partial charge in [-0.1, -0.05) is 18.2 Å². The van der Waals surface area contributed by atoms with Crippen molar-refractivity contribution in [2.24, 2.45) is 0 Å². The van der Waals surface area contributed by atoms with Gasteiger partial charge in [0, 0.05) is 31.9 Å². The Labute approximate surface area is 112 Å². The number of para-hydroxylation sites is 1. The Bertz CT molecular complexity index is 536. The van der Waals surface area contributed by atoms with Crippen LogP contribution < -0.4 is 4.90 Å². The van der Waals surface area contributed by atoms with Crippen molar-refractivity contribution in [3.05, 3.63) is 30.3 Å². The maximum Gasteiger partial charge on any atom is 0.320 e. The lowest BCUT2D eigenvalue weighted by Gasteiger charge is -2.35. The molecule has 0 unspecified atom stereocenters. The molecular formula is C12H16N2O4S. The van der Waals surface area contributed by atoms with Gasteiger partial charge in [0.1, 0.15) is 0 Å². The van der Waals surface area contributed by atoms with Crippen LogP contribution in [0, 0.1) is 0 Å². The number of carboxylic acids is 1. The first-order valence-corrected chi connectivity index (χ1v) is 7.59. The second-order valence-corrected chi connectivity index (χ2v) is 6.34. The molecule has 7 heteroatoms. The Hall–Kier alpha value is -1.60. The lowest BCUT2D eigenvalue weighted by atomic mass is 10.2. The highest BCUT2D eigenvalue weighted by atomic mass is 32.2. The van der Waals surface area contributed by atoms with Gasteiger partial charge in [-0.05, 0) is 12.1 Å². The quantitative estimate of drug-likeness (QED) is 0.856. The van der Waals surface area contributed by atoms with Gasteiger partial charge < -0.3 is 10.0 Å². The number of rotatable bonds is 4. The summed E-state index contributed by atoms with van der Waals surface area (Å²) in [5.74, 6) is -2.15. The van der Waals surface area contributed by atoms with Crippen molar-refractivity contribution in [1.29, 1.82) is 0 Å². The van der Waals surface area contributed by atoms with Crippen LogP contribution in [0.25, 0.3) is 0 Å². The summed E-state index contributed by atoms with van der Waals surface area (Å²) in [6, 6.07) is 9.74. The summed E-state index contributed by atoms with van der Waals surface area (Å²) >= 11 is 0. The number of benzene rings is 1. The molecule has 1 aromatic rings. The van der Waals surface area contributed by atoms with Gasteiger partial charge in [0.2, 0.25) is 10.0 Å². The number of aliphatic carboxylic acids is 1. The highest BCUT2D eigenvalue weighted by Crippen LogP contribution is 2.17. The molecule has 1 aliphatic rings. The first-order valence-electron chi connectivity index (χ1n) is 5.99. The third kappa shape index (κ3) is 3.45. The summed E-state index contributed by atoms with van der Waals surface area (Å²) in [4.78, 5) is 12.6. The number of anilines is 1. The molecule has 0 aliphatic carbocycles. The van der Waals surface area contributed by atoms with Crippen LogP contribution in [-0.2, 0) is 14.8 Å². The molecule has 1 aliphatic heterocycles. The van der Waals surface area contributed by atoms with Gasteiger partial charge in [-0.2, -0.15) is 4.31 Å². The molecule has 1 N–H and O–H groups in total. The molecule has 0 amide bonds. The Kier molecular flexibility index (Phi) is 4.06. The van der Waals surface area contributed by atoms with Gasteiger partial charge in [-0.15, -0.1) is 0 Å². The number of piperazine rings is 1. The van der Waals surface area contributed by atoms with Crippen LogP contribution in [-0.4, -0.2) is 55.7 Å². The summed E-state index contributed by atoms with van der Waals surface area (Å²) in [6.45, 7) is 1.79. The number of carboxylic acid groups (broad SMARTS) is 1. The van der Waals surface area contributed by atoms with E-state index < -0.39 is 21.7 Å². The zero-order valence-corrected chi connectivity index (χ0v) is 11.2. The molecule has 1 saturated heterocycles. The normalized spacial score (nSPS) is 17.4. The monoisotopic (exact) mass is 284 g/mol. The minimum absolute atomic E-state index is 0.324. The highest BCUT2D eigenvalue weighted by Gasteiger charge is 2.28. The predicted molar refractivity (Wildman–Crippen MR) is 71.7 cm³/mol. The van der Waals surface area contributed by atoms with E-state index >= 15 is 0 Å². The largest absolute Gasteiger partial charge is 0.480 e. The third-order valence-electron chi connectivity index (χ3n) is 3.06. The molecule has 0 atom stereocenters. The van der Waals surface area contributed by atoms with E-state index in [0.29, 0.717) is 26.2 Å². The number of hydrogen-bond acceptors (Lipinski definition) is 4. The molecule has 0 saturated carbocycles. The third-order valence-corrected chi connectivity index (χ3v) is 4.82. The number of nitrogens with zero attached hydrogens (tertiary/aromatic N) is 2. The van der Waals surface area contributed by atoms with Gasteiger partial charge in [0.25, 0.3) is 0 Å².